The number of benzene rings is 2. The Labute approximate surface area is 158 Å². The van der Waals surface area contributed by atoms with Crippen LogP contribution >= 0.6 is 0 Å². The highest BCUT2D eigenvalue weighted by molar-refractivity contribution is 6.16. The van der Waals surface area contributed by atoms with Crippen molar-refractivity contribution >= 4 is 11.4 Å². The summed E-state index contributed by atoms with van der Waals surface area (Å²) in [5.74, 6) is 0. The fourth-order valence-electron chi connectivity index (χ4n) is 3.63. The van der Waals surface area contributed by atoms with Crippen LogP contribution < -0.4 is 5.32 Å². The minimum absolute atomic E-state index is 0.617. The lowest BCUT2D eigenvalue weighted by Crippen LogP contribution is -2.08. The van der Waals surface area contributed by atoms with Crippen molar-refractivity contribution in [2.75, 3.05) is 11.9 Å². The van der Waals surface area contributed by atoms with Gasteiger partial charge >= 0.3 is 0 Å². The molecule has 0 bridgehead atoms. The molecule has 136 valence electrons. The molecule has 0 spiro atoms. The highest BCUT2D eigenvalue weighted by Crippen LogP contribution is 2.29. The minimum atomic E-state index is 0.617. The summed E-state index contributed by atoms with van der Waals surface area (Å²) < 4.78 is 0. The van der Waals surface area contributed by atoms with Gasteiger partial charge in [-0.15, -0.1) is 0 Å². The zero-order chi connectivity index (χ0) is 18.5. The van der Waals surface area contributed by atoms with E-state index in [4.69, 9.17) is 4.99 Å². The van der Waals surface area contributed by atoms with Crippen molar-refractivity contribution in [3.05, 3.63) is 76.5 Å². The van der Waals surface area contributed by atoms with Crippen LogP contribution in [0.2, 0.25) is 0 Å². The van der Waals surface area contributed by atoms with Gasteiger partial charge in [-0.25, -0.2) is 0 Å². The molecule has 0 saturated carbocycles. The Morgan fingerprint density at radius 3 is 2.23 bits per heavy atom. The first-order chi connectivity index (χ1) is 12.7. The molecule has 2 nitrogen and oxygen atoms in total. The molecule has 0 aromatic heterocycles. The van der Waals surface area contributed by atoms with Crippen LogP contribution in [0, 0.1) is 0 Å². The van der Waals surface area contributed by atoms with Crippen LogP contribution in [0.1, 0.15) is 61.4 Å². The van der Waals surface area contributed by atoms with Crippen LogP contribution in [0.15, 0.2) is 53.7 Å². The number of hydrogen-bond acceptors (Lipinski definition) is 2. The van der Waals surface area contributed by atoms with Crippen LogP contribution in [-0.2, 0) is 19.3 Å². The fraction of sp³-hybridized carbons (Fsp3) is 0.375. The normalized spacial score (nSPS) is 13.7. The third-order valence-corrected chi connectivity index (χ3v) is 5.01. The third-order valence-electron chi connectivity index (χ3n) is 5.01. The summed E-state index contributed by atoms with van der Waals surface area (Å²) in [5, 5.41) is 3.50. The van der Waals surface area contributed by atoms with Gasteiger partial charge in [-0.3, -0.25) is 4.99 Å². The maximum absolute atomic E-state index is 4.90. The Bertz CT molecular complexity index is 813. The van der Waals surface area contributed by atoms with Crippen molar-refractivity contribution in [1.29, 1.82) is 0 Å². The van der Waals surface area contributed by atoms with E-state index in [1.165, 1.54) is 27.8 Å². The molecule has 2 aromatic rings. The lowest BCUT2D eigenvalue weighted by atomic mass is 9.91. The maximum Gasteiger partial charge on any atom is 0.0791 e. The first-order valence-electron chi connectivity index (χ1n) is 9.90. The topological polar surface area (TPSA) is 24.4 Å². The first kappa shape index (κ1) is 18.4. The van der Waals surface area contributed by atoms with Crippen LogP contribution in [-0.4, -0.2) is 12.3 Å². The van der Waals surface area contributed by atoms with Gasteiger partial charge in [0.05, 0.1) is 12.3 Å². The number of benzodiazepines with no additional fused rings is 1. The summed E-state index contributed by atoms with van der Waals surface area (Å²) in [6.45, 7) is 11.4. The van der Waals surface area contributed by atoms with E-state index in [9.17, 15) is 0 Å². The maximum atomic E-state index is 4.90. The Kier molecular flexibility index (Phi) is 5.92. The number of aryl methyl sites for hydroxylation is 3. The molecule has 1 aliphatic rings. The second kappa shape index (κ2) is 8.35. The Balaban J connectivity index is 2.12. The molecule has 0 atom stereocenters. The molecule has 3 rings (SSSR count). The molecule has 1 heterocycles. The van der Waals surface area contributed by atoms with Gasteiger partial charge in [0.15, 0.2) is 0 Å². The summed E-state index contributed by atoms with van der Waals surface area (Å²) in [7, 11) is 0. The monoisotopic (exact) mass is 346 g/mol. The molecule has 0 fully saturated rings. The van der Waals surface area contributed by atoms with E-state index >= 15 is 0 Å². The number of anilines is 1. The summed E-state index contributed by atoms with van der Waals surface area (Å²) in [6.07, 6.45) is 5.62. The van der Waals surface area contributed by atoms with E-state index in [-0.39, 0.29) is 0 Å². The van der Waals surface area contributed by atoms with E-state index < -0.39 is 0 Å². The number of rotatable bonds is 6. The Hall–Kier alpha value is -2.35. The number of fused-ring (bicyclic) bond motifs is 1. The highest BCUT2D eigenvalue weighted by atomic mass is 15.0. The third kappa shape index (κ3) is 3.90. The molecule has 0 radical (unpaired) electrons. The van der Waals surface area contributed by atoms with E-state index in [2.05, 4.69) is 69.1 Å². The zero-order valence-electron chi connectivity index (χ0n) is 16.4. The standard InChI is InChI=1S/C24H30N2/c1-5-8-20-14-22-23(15-21(20)9-6-2)26-17(4)16-25-24(22)19-12-10-18(7-3)11-13-19/h10-15,26H,4-9,16H2,1-3H3. The molecule has 0 aliphatic carbocycles. The van der Waals surface area contributed by atoms with Gasteiger partial charge in [-0.05, 0) is 48.1 Å². The van der Waals surface area contributed by atoms with Crippen molar-refractivity contribution in [2.45, 2.75) is 52.9 Å². The minimum Gasteiger partial charge on any atom is -0.357 e. The zero-order valence-corrected chi connectivity index (χ0v) is 16.4. The predicted octanol–water partition coefficient (Wildman–Crippen LogP) is 5.93. The summed E-state index contributed by atoms with van der Waals surface area (Å²) >= 11 is 0. The van der Waals surface area contributed by atoms with Crippen LogP contribution in [0.25, 0.3) is 0 Å². The largest absolute Gasteiger partial charge is 0.357 e. The molecule has 0 amide bonds. The van der Waals surface area contributed by atoms with Gasteiger partial charge in [0, 0.05) is 22.5 Å². The first-order valence-corrected chi connectivity index (χ1v) is 9.90. The van der Waals surface area contributed by atoms with Gasteiger partial charge in [0.1, 0.15) is 0 Å². The molecular weight excluding hydrogens is 316 g/mol. The lowest BCUT2D eigenvalue weighted by Gasteiger charge is -2.17. The summed E-state index contributed by atoms with van der Waals surface area (Å²) in [5.41, 5.74) is 9.84. The molecule has 2 aromatic carbocycles. The number of aliphatic imine (C=N–C) groups is 1. The molecule has 0 unspecified atom stereocenters. The summed E-state index contributed by atoms with van der Waals surface area (Å²) in [6, 6.07) is 13.5. The molecule has 1 N–H and O–H groups in total. The van der Waals surface area contributed by atoms with Crippen molar-refractivity contribution in [1.82, 2.24) is 0 Å². The van der Waals surface area contributed by atoms with Crippen molar-refractivity contribution < 1.29 is 0 Å². The Morgan fingerprint density at radius 1 is 0.962 bits per heavy atom. The van der Waals surface area contributed by atoms with Crippen LogP contribution in [0.4, 0.5) is 5.69 Å². The molecule has 2 heteroatoms. The number of hydrogen-bond donors (Lipinski definition) is 1. The molecule has 1 aliphatic heterocycles. The van der Waals surface area contributed by atoms with Gasteiger partial charge < -0.3 is 5.32 Å². The van der Waals surface area contributed by atoms with E-state index in [1.807, 2.05) is 0 Å². The number of nitrogens with one attached hydrogen (secondary N) is 1. The van der Waals surface area contributed by atoms with E-state index in [0.29, 0.717) is 6.54 Å². The van der Waals surface area contributed by atoms with E-state index in [1.54, 1.807) is 0 Å². The van der Waals surface area contributed by atoms with Gasteiger partial charge in [0.2, 0.25) is 0 Å². The molecular formula is C24H30N2. The van der Waals surface area contributed by atoms with Crippen LogP contribution in [0.5, 0.6) is 0 Å². The second-order valence-electron chi connectivity index (χ2n) is 7.11. The second-order valence-corrected chi connectivity index (χ2v) is 7.11. The van der Waals surface area contributed by atoms with E-state index in [0.717, 1.165) is 49.2 Å². The smallest absolute Gasteiger partial charge is 0.0791 e. The summed E-state index contributed by atoms with van der Waals surface area (Å²) in [4.78, 5) is 4.90. The van der Waals surface area contributed by atoms with Gasteiger partial charge in [-0.1, -0.05) is 64.5 Å². The SMILES string of the molecule is C=C1CN=C(c2ccc(CC)cc2)c2cc(CCC)c(CCC)cc2N1. The number of nitrogens with zero attached hydrogens (tertiary/aromatic N) is 1. The quantitative estimate of drug-likeness (QED) is 0.688. The average Bonchev–Trinajstić information content (AvgIpc) is 2.81. The van der Waals surface area contributed by atoms with Crippen molar-refractivity contribution in [3.8, 4) is 0 Å². The van der Waals surface area contributed by atoms with Crippen molar-refractivity contribution in [3.63, 3.8) is 0 Å². The van der Waals surface area contributed by atoms with Gasteiger partial charge in [-0.2, -0.15) is 0 Å². The molecule has 26 heavy (non-hydrogen) atoms. The fourth-order valence-corrected chi connectivity index (χ4v) is 3.63. The molecule has 0 saturated heterocycles. The van der Waals surface area contributed by atoms with Gasteiger partial charge in [0.25, 0.3) is 0 Å². The highest BCUT2D eigenvalue weighted by Gasteiger charge is 2.18. The van der Waals surface area contributed by atoms with Crippen molar-refractivity contribution in [2.24, 2.45) is 4.99 Å². The predicted molar refractivity (Wildman–Crippen MR) is 114 cm³/mol. The Morgan fingerprint density at radius 2 is 1.62 bits per heavy atom. The van der Waals surface area contributed by atoms with Crippen LogP contribution in [0.3, 0.4) is 0 Å². The average molecular weight is 347 g/mol. The lowest BCUT2D eigenvalue weighted by molar-refractivity contribution is 0.861.